The van der Waals surface area contributed by atoms with Crippen molar-refractivity contribution in [3.05, 3.63) is 35.7 Å². The minimum atomic E-state index is 0.220. The third kappa shape index (κ3) is 2.05. The topological polar surface area (TPSA) is 54.8 Å². The van der Waals surface area contributed by atoms with Crippen molar-refractivity contribution in [3.63, 3.8) is 0 Å². The molecular formula is C14H19N5. The highest BCUT2D eigenvalue weighted by Crippen LogP contribution is 2.33. The Hall–Kier alpha value is -2.04. The Kier molecular flexibility index (Phi) is 3.11. The van der Waals surface area contributed by atoms with Gasteiger partial charge in [-0.05, 0) is 25.5 Å². The lowest BCUT2D eigenvalue weighted by Gasteiger charge is -2.13. The molecule has 2 aromatic rings. The molecule has 0 unspecified atom stereocenters. The molecule has 1 aromatic heterocycles. The number of fused-ring (bicyclic) bond motifs is 1. The smallest absolute Gasteiger partial charge is 0.224 e. The molecule has 0 aliphatic carbocycles. The van der Waals surface area contributed by atoms with Crippen molar-refractivity contribution in [2.75, 3.05) is 17.2 Å². The zero-order valence-corrected chi connectivity index (χ0v) is 11.3. The Labute approximate surface area is 113 Å². The van der Waals surface area contributed by atoms with E-state index < -0.39 is 0 Å². The minimum absolute atomic E-state index is 0.220. The second-order valence-electron chi connectivity index (χ2n) is 4.71. The predicted octanol–water partition coefficient (Wildman–Crippen LogP) is 2.44. The quantitative estimate of drug-likeness (QED) is 0.883. The summed E-state index contributed by atoms with van der Waals surface area (Å²) < 4.78 is 2.15. The van der Waals surface area contributed by atoms with Gasteiger partial charge in [0.05, 0.1) is 6.04 Å². The summed E-state index contributed by atoms with van der Waals surface area (Å²) in [6.45, 7) is 5.92. The van der Waals surface area contributed by atoms with Crippen LogP contribution in [0.5, 0.6) is 0 Å². The molecule has 1 atom stereocenters. The molecule has 0 saturated heterocycles. The number of hydrogen-bond acceptors (Lipinski definition) is 4. The number of rotatable bonds is 4. The van der Waals surface area contributed by atoms with Gasteiger partial charge < -0.3 is 10.6 Å². The first-order valence-corrected chi connectivity index (χ1v) is 6.84. The maximum Gasteiger partial charge on any atom is 0.224 e. The van der Waals surface area contributed by atoms with Gasteiger partial charge >= 0.3 is 0 Å². The lowest BCUT2D eigenvalue weighted by Crippen LogP contribution is -2.15. The molecule has 3 rings (SSSR count). The Morgan fingerprint density at radius 1 is 1.32 bits per heavy atom. The van der Waals surface area contributed by atoms with Crippen molar-refractivity contribution >= 4 is 11.6 Å². The third-order valence-corrected chi connectivity index (χ3v) is 3.51. The first-order chi connectivity index (χ1) is 9.33. The lowest BCUT2D eigenvalue weighted by atomic mass is 10.1. The fourth-order valence-corrected chi connectivity index (χ4v) is 2.63. The van der Waals surface area contributed by atoms with E-state index in [0.29, 0.717) is 0 Å². The molecule has 0 bridgehead atoms. The molecule has 2 N–H and O–H groups in total. The van der Waals surface area contributed by atoms with E-state index in [4.69, 9.17) is 0 Å². The molecule has 5 nitrogen and oxygen atoms in total. The summed E-state index contributed by atoms with van der Waals surface area (Å²) in [7, 11) is 0. The van der Waals surface area contributed by atoms with E-state index in [9.17, 15) is 0 Å². The van der Waals surface area contributed by atoms with Crippen LogP contribution in [0.4, 0.5) is 11.6 Å². The number of aromatic nitrogens is 3. The van der Waals surface area contributed by atoms with Gasteiger partial charge in [-0.1, -0.05) is 18.2 Å². The van der Waals surface area contributed by atoms with Crippen molar-refractivity contribution in [1.29, 1.82) is 0 Å². The molecule has 0 fully saturated rings. The Bertz CT molecular complexity index is 550. The van der Waals surface area contributed by atoms with E-state index in [0.717, 1.165) is 31.3 Å². The lowest BCUT2D eigenvalue weighted by molar-refractivity contribution is 0.645. The van der Waals surface area contributed by atoms with E-state index in [-0.39, 0.29) is 6.04 Å². The van der Waals surface area contributed by atoms with Crippen molar-refractivity contribution in [2.45, 2.75) is 32.9 Å². The van der Waals surface area contributed by atoms with Crippen LogP contribution in [0.15, 0.2) is 24.3 Å². The van der Waals surface area contributed by atoms with Crippen LogP contribution < -0.4 is 10.6 Å². The molecule has 19 heavy (non-hydrogen) atoms. The SMILES string of the molecule is CCNc1nnc([C@@H]2Cc3ccccc3N2)n1CC. The van der Waals surface area contributed by atoms with E-state index in [1.165, 1.54) is 11.3 Å². The van der Waals surface area contributed by atoms with Gasteiger partial charge in [0.1, 0.15) is 0 Å². The fourth-order valence-electron chi connectivity index (χ4n) is 2.63. The fraction of sp³-hybridized carbons (Fsp3) is 0.429. The highest BCUT2D eigenvalue weighted by Gasteiger charge is 2.26. The first kappa shape index (κ1) is 12.0. The highest BCUT2D eigenvalue weighted by atomic mass is 15.4. The molecule has 100 valence electrons. The van der Waals surface area contributed by atoms with E-state index in [1.54, 1.807) is 0 Å². The normalized spacial score (nSPS) is 17.1. The van der Waals surface area contributed by atoms with Crippen LogP contribution >= 0.6 is 0 Å². The Morgan fingerprint density at radius 3 is 2.89 bits per heavy atom. The molecule has 1 aromatic carbocycles. The van der Waals surface area contributed by atoms with Gasteiger partial charge in [-0.25, -0.2) is 0 Å². The van der Waals surface area contributed by atoms with E-state index in [1.807, 2.05) is 0 Å². The van der Waals surface area contributed by atoms with Gasteiger partial charge in [0.2, 0.25) is 5.95 Å². The summed E-state index contributed by atoms with van der Waals surface area (Å²) in [5.74, 6) is 1.87. The molecule has 2 heterocycles. The number of nitrogens with zero attached hydrogens (tertiary/aromatic N) is 3. The Morgan fingerprint density at radius 2 is 2.16 bits per heavy atom. The molecule has 0 spiro atoms. The summed E-state index contributed by atoms with van der Waals surface area (Å²) in [6, 6.07) is 8.64. The number of anilines is 2. The van der Waals surface area contributed by atoms with Gasteiger partial charge in [-0.3, -0.25) is 4.57 Å². The van der Waals surface area contributed by atoms with E-state index >= 15 is 0 Å². The molecule has 5 heteroatoms. The van der Waals surface area contributed by atoms with Crippen LogP contribution in [-0.4, -0.2) is 21.3 Å². The van der Waals surface area contributed by atoms with Gasteiger partial charge in [0, 0.05) is 25.2 Å². The summed E-state index contributed by atoms with van der Waals surface area (Å²) in [4.78, 5) is 0. The summed E-state index contributed by atoms with van der Waals surface area (Å²) in [5.41, 5.74) is 2.56. The summed E-state index contributed by atoms with van der Waals surface area (Å²) in [5, 5.41) is 15.4. The number of para-hydroxylation sites is 1. The predicted molar refractivity (Wildman–Crippen MR) is 76.4 cm³/mol. The minimum Gasteiger partial charge on any atom is -0.375 e. The van der Waals surface area contributed by atoms with Crippen molar-refractivity contribution < 1.29 is 0 Å². The maximum atomic E-state index is 4.36. The van der Waals surface area contributed by atoms with Crippen LogP contribution in [-0.2, 0) is 13.0 Å². The zero-order valence-electron chi connectivity index (χ0n) is 11.3. The number of hydrogen-bond donors (Lipinski definition) is 2. The van der Waals surface area contributed by atoms with Crippen LogP contribution in [0.2, 0.25) is 0 Å². The first-order valence-electron chi connectivity index (χ1n) is 6.84. The van der Waals surface area contributed by atoms with Crippen LogP contribution in [0.25, 0.3) is 0 Å². The highest BCUT2D eigenvalue weighted by molar-refractivity contribution is 5.57. The summed E-state index contributed by atoms with van der Waals surface area (Å²) >= 11 is 0. The molecule has 0 amide bonds. The number of nitrogens with one attached hydrogen (secondary N) is 2. The zero-order chi connectivity index (χ0) is 13.2. The standard InChI is InChI=1S/C14H19N5/c1-3-15-14-18-17-13(19(14)4-2)12-9-10-7-5-6-8-11(10)16-12/h5-8,12,16H,3-4,9H2,1-2H3,(H,15,18)/t12-/m0/s1. The average molecular weight is 257 g/mol. The van der Waals surface area contributed by atoms with Gasteiger partial charge in [-0.2, -0.15) is 0 Å². The molecule has 0 saturated carbocycles. The third-order valence-electron chi connectivity index (χ3n) is 3.51. The monoisotopic (exact) mass is 257 g/mol. The largest absolute Gasteiger partial charge is 0.375 e. The van der Waals surface area contributed by atoms with E-state index in [2.05, 4.69) is 63.5 Å². The van der Waals surface area contributed by atoms with Crippen LogP contribution in [0.1, 0.15) is 31.3 Å². The number of benzene rings is 1. The second kappa shape index (κ2) is 4.91. The summed E-state index contributed by atoms with van der Waals surface area (Å²) in [6.07, 6.45) is 0.973. The molecule has 0 radical (unpaired) electrons. The second-order valence-corrected chi connectivity index (χ2v) is 4.71. The molecule has 1 aliphatic rings. The maximum absolute atomic E-state index is 4.36. The Balaban J connectivity index is 1.89. The molecular weight excluding hydrogens is 238 g/mol. The van der Waals surface area contributed by atoms with Crippen LogP contribution in [0, 0.1) is 0 Å². The van der Waals surface area contributed by atoms with Crippen molar-refractivity contribution in [2.24, 2.45) is 0 Å². The average Bonchev–Trinajstić information content (AvgIpc) is 3.01. The van der Waals surface area contributed by atoms with Gasteiger partial charge in [0.25, 0.3) is 0 Å². The van der Waals surface area contributed by atoms with Crippen LogP contribution in [0.3, 0.4) is 0 Å². The van der Waals surface area contributed by atoms with Crippen molar-refractivity contribution in [3.8, 4) is 0 Å². The van der Waals surface area contributed by atoms with Crippen molar-refractivity contribution in [1.82, 2.24) is 14.8 Å². The van der Waals surface area contributed by atoms with Gasteiger partial charge in [-0.15, -0.1) is 10.2 Å². The van der Waals surface area contributed by atoms with Gasteiger partial charge in [0.15, 0.2) is 5.82 Å². The molecule has 1 aliphatic heterocycles.